The van der Waals surface area contributed by atoms with Crippen LogP contribution < -0.4 is 15.0 Å². The molecule has 0 spiro atoms. The van der Waals surface area contributed by atoms with Crippen molar-refractivity contribution in [3.05, 3.63) is 88.8 Å². The quantitative estimate of drug-likeness (QED) is 0.273. The Kier molecular flexibility index (Phi) is 6.97. The van der Waals surface area contributed by atoms with Crippen LogP contribution in [0, 0.1) is 0 Å². The number of aromatic amines is 1. The summed E-state index contributed by atoms with van der Waals surface area (Å²) in [6.45, 7) is 8.15. The molecule has 2 aromatic heterocycles. The number of aromatic nitrogens is 4. The fraction of sp³-hybridized carbons (Fsp3) is 0.233. The van der Waals surface area contributed by atoms with Crippen LogP contribution in [0.4, 0.5) is 5.69 Å². The lowest BCUT2D eigenvalue weighted by Crippen LogP contribution is -2.15. The summed E-state index contributed by atoms with van der Waals surface area (Å²) in [5, 5.41) is 4.54. The normalized spacial score (nSPS) is 12.0. The Morgan fingerprint density at radius 1 is 0.975 bits per heavy atom. The Hall–Kier alpha value is -4.44. The summed E-state index contributed by atoms with van der Waals surface area (Å²) < 4.78 is 36.8. The Bertz CT molecular complexity index is 1850. The third-order valence-electron chi connectivity index (χ3n) is 6.46. The molecule has 0 saturated heterocycles. The van der Waals surface area contributed by atoms with Crippen molar-refractivity contribution in [2.75, 3.05) is 11.3 Å². The molecule has 0 unspecified atom stereocenters. The van der Waals surface area contributed by atoms with E-state index in [4.69, 9.17) is 9.72 Å². The molecule has 0 aliphatic rings. The van der Waals surface area contributed by atoms with Crippen LogP contribution in [0.5, 0.6) is 5.75 Å². The molecule has 5 aromatic rings. The molecule has 2 N–H and O–H groups in total. The largest absolute Gasteiger partial charge is 0.493 e. The summed E-state index contributed by atoms with van der Waals surface area (Å²) >= 11 is 0. The van der Waals surface area contributed by atoms with Crippen LogP contribution in [-0.4, -0.2) is 34.8 Å². The highest BCUT2D eigenvalue weighted by molar-refractivity contribution is 7.92. The van der Waals surface area contributed by atoms with Crippen molar-refractivity contribution >= 4 is 26.7 Å². The van der Waals surface area contributed by atoms with E-state index >= 15 is 0 Å². The van der Waals surface area contributed by atoms with Gasteiger partial charge in [-0.15, -0.1) is 0 Å². The molecular formula is C30H31N5O4S. The first-order valence-corrected chi connectivity index (χ1v) is 14.4. The number of aryl methyl sites for hydroxylation is 1. The van der Waals surface area contributed by atoms with Crippen LogP contribution >= 0.6 is 0 Å². The van der Waals surface area contributed by atoms with Gasteiger partial charge in [-0.1, -0.05) is 63.2 Å². The molecular weight excluding hydrogens is 526 g/mol. The first-order chi connectivity index (χ1) is 19.0. The van der Waals surface area contributed by atoms with Crippen LogP contribution in [0.2, 0.25) is 0 Å². The van der Waals surface area contributed by atoms with Crippen LogP contribution in [0.25, 0.3) is 33.5 Å². The minimum atomic E-state index is -3.97. The zero-order valence-electron chi connectivity index (χ0n) is 23.0. The van der Waals surface area contributed by atoms with Crippen LogP contribution in [0.1, 0.15) is 33.4 Å². The monoisotopic (exact) mass is 557 g/mol. The van der Waals surface area contributed by atoms with Crippen molar-refractivity contribution in [1.82, 2.24) is 19.7 Å². The Morgan fingerprint density at radius 2 is 1.65 bits per heavy atom. The maximum Gasteiger partial charge on any atom is 0.277 e. The van der Waals surface area contributed by atoms with Crippen molar-refractivity contribution in [2.24, 2.45) is 7.05 Å². The van der Waals surface area contributed by atoms with Gasteiger partial charge in [-0.25, -0.2) is 13.4 Å². The molecule has 5 rings (SSSR count). The van der Waals surface area contributed by atoms with Gasteiger partial charge in [-0.3, -0.25) is 14.2 Å². The Labute approximate surface area is 232 Å². The fourth-order valence-corrected chi connectivity index (χ4v) is 5.61. The van der Waals surface area contributed by atoms with E-state index in [1.807, 2.05) is 70.2 Å². The summed E-state index contributed by atoms with van der Waals surface area (Å²) in [5.74, 6) is 0.598. The second-order valence-corrected chi connectivity index (χ2v) is 12.2. The number of H-pyrrole nitrogens is 1. The van der Waals surface area contributed by atoms with Crippen LogP contribution in [0.3, 0.4) is 0 Å². The van der Waals surface area contributed by atoms with Crippen LogP contribution in [0.15, 0.2) is 82.5 Å². The molecule has 0 aliphatic heterocycles. The predicted molar refractivity (Wildman–Crippen MR) is 157 cm³/mol. The molecule has 2 heterocycles. The molecule has 3 aromatic carbocycles. The molecule has 0 saturated carbocycles. The lowest BCUT2D eigenvalue weighted by atomic mass is 9.91. The number of hydrogen-bond donors (Lipinski definition) is 2. The second kappa shape index (κ2) is 10.3. The summed E-state index contributed by atoms with van der Waals surface area (Å²) in [4.78, 5) is 20.7. The standard InChI is InChI=1S/C30H31N5O4S/c1-6-39-24-17-16-22(40(37,38)34-21-14-12-20(13-15-21)19-10-8-7-9-11-19)18-23(24)28-31-25-26(29(36)32-28)35(5)33-27(25)30(2,3)4/h7-18,34H,6H2,1-5H3,(H,31,32,36). The van der Waals surface area contributed by atoms with Crippen molar-refractivity contribution in [3.8, 4) is 28.3 Å². The van der Waals surface area contributed by atoms with E-state index in [9.17, 15) is 13.2 Å². The summed E-state index contributed by atoms with van der Waals surface area (Å²) in [6, 6.07) is 21.5. The minimum absolute atomic E-state index is 0.00284. The summed E-state index contributed by atoms with van der Waals surface area (Å²) in [7, 11) is -2.28. The highest BCUT2D eigenvalue weighted by atomic mass is 32.2. The predicted octanol–water partition coefficient (Wildman–Crippen LogP) is 5.49. The summed E-state index contributed by atoms with van der Waals surface area (Å²) in [5.41, 5.74) is 3.51. The number of nitrogens with one attached hydrogen (secondary N) is 2. The highest BCUT2D eigenvalue weighted by Gasteiger charge is 2.26. The van der Waals surface area contributed by atoms with Gasteiger partial charge in [-0.2, -0.15) is 5.10 Å². The topological polar surface area (TPSA) is 119 Å². The fourth-order valence-electron chi connectivity index (χ4n) is 4.53. The first-order valence-electron chi connectivity index (χ1n) is 12.9. The zero-order valence-corrected chi connectivity index (χ0v) is 23.8. The van der Waals surface area contributed by atoms with E-state index in [2.05, 4.69) is 14.8 Å². The zero-order chi connectivity index (χ0) is 28.7. The molecule has 0 bridgehead atoms. The van der Waals surface area contributed by atoms with Gasteiger partial charge in [0, 0.05) is 18.2 Å². The van der Waals surface area contributed by atoms with Gasteiger partial charge >= 0.3 is 0 Å². The average molecular weight is 558 g/mol. The van der Waals surface area contributed by atoms with Gasteiger partial charge in [0.2, 0.25) is 0 Å². The van der Waals surface area contributed by atoms with Gasteiger partial charge in [0.25, 0.3) is 15.6 Å². The van der Waals surface area contributed by atoms with Gasteiger partial charge < -0.3 is 9.72 Å². The number of benzene rings is 3. The molecule has 206 valence electrons. The van der Waals surface area contributed by atoms with Crippen molar-refractivity contribution in [1.29, 1.82) is 0 Å². The SMILES string of the molecule is CCOc1ccc(S(=O)(=O)Nc2ccc(-c3ccccc3)cc2)cc1-c1nc2c(C(C)(C)C)nn(C)c2c(=O)[nH]1. The van der Waals surface area contributed by atoms with Crippen molar-refractivity contribution in [3.63, 3.8) is 0 Å². The molecule has 0 atom stereocenters. The van der Waals surface area contributed by atoms with E-state index in [0.29, 0.717) is 40.3 Å². The number of sulfonamides is 1. The van der Waals surface area contributed by atoms with Gasteiger partial charge in [0.05, 0.1) is 22.8 Å². The average Bonchev–Trinajstić information content (AvgIpc) is 3.27. The molecule has 9 nitrogen and oxygen atoms in total. The lowest BCUT2D eigenvalue weighted by Gasteiger charge is -2.16. The maximum atomic E-state index is 13.4. The second-order valence-electron chi connectivity index (χ2n) is 10.5. The number of nitrogens with zero attached hydrogens (tertiary/aromatic N) is 3. The number of anilines is 1. The van der Waals surface area contributed by atoms with Crippen LogP contribution in [-0.2, 0) is 22.5 Å². The number of fused-ring (bicyclic) bond motifs is 1. The minimum Gasteiger partial charge on any atom is -0.493 e. The molecule has 0 aliphatic carbocycles. The van der Waals surface area contributed by atoms with Crippen molar-refractivity contribution in [2.45, 2.75) is 38.0 Å². The maximum absolute atomic E-state index is 13.4. The lowest BCUT2D eigenvalue weighted by molar-refractivity contribution is 0.341. The number of hydrogen-bond acceptors (Lipinski definition) is 6. The van der Waals surface area contributed by atoms with Gasteiger partial charge in [0.15, 0.2) is 5.52 Å². The van der Waals surface area contributed by atoms with Gasteiger partial charge in [-0.05, 0) is 48.4 Å². The molecule has 0 amide bonds. The van der Waals surface area contributed by atoms with Gasteiger partial charge in [0.1, 0.15) is 17.1 Å². The van der Waals surface area contributed by atoms with Crippen molar-refractivity contribution < 1.29 is 13.2 Å². The van der Waals surface area contributed by atoms with E-state index in [0.717, 1.165) is 11.1 Å². The molecule has 40 heavy (non-hydrogen) atoms. The third-order valence-corrected chi connectivity index (χ3v) is 7.84. The smallest absolute Gasteiger partial charge is 0.277 e. The van der Waals surface area contributed by atoms with E-state index in [1.165, 1.54) is 16.8 Å². The highest BCUT2D eigenvalue weighted by Crippen LogP contribution is 2.33. The van der Waals surface area contributed by atoms with E-state index < -0.39 is 10.0 Å². The number of rotatable bonds is 7. The van der Waals surface area contributed by atoms with E-state index in [1.54, 1.807) is 25.2 Å². The molecule has 0 fully saturated rings. The third kappa shape index (κ3) is 5.22. The first kappa shape index (κ1) is 27.1. The number of ether oxygens (including phenoxy) is 1. The Morgan fingerprint density at radius 3 is 2.30 bits per heavy atom. The molecule has 10 heteroatoms. The Balaban J connectivity index is 1.55. The molecule has 0 radical (unpaired) electrons. The summed E-state index contributed by atoms with van der Waals surface area (Å²) in [6.07, 6.45) is 0. The van der Waals surface area contributed by atoms with E-state index in [-0.39, 0.29) is 21.7 Å².